The number of anilines is 1. The highest BCUT2D eigenvalue weighted by Crippen LogP contribution is 2.19. The van der Waals surface area contributed by atoms with Gasteiger partial charge in [-0.3, -0.25) is 4.79 Å². The number of nitrogens with one attached hydrogen (secondary N) is 1. The standard InChI is InChI=1S/C20H22N4O3S/c1-15(2)23(3)28(26,27)19-11-9-17(10-12-19)22-20(25)16-13-21-24(14-16)18-7-5-4-6-8-18/h4-15H,1-3H3,(H,22,25). The van der Waals surface area contributed by atoms with Gasteiger partial charge < -0.3 is 5.32 Å². The number of carbonyl (C=O) groups excluding carboxylic acids is 1. The van der Waals surface area contributed by atoms with Gasteiger partial charge in [-0.2, -0.15) is 9.40 Å². The van der Waals surface area contributed by atoms with E-state index < -0.39 is 10.0 Å². The lowest BCUT2D eigenvalue weighted by molar-refractivity contribution is 0.102. The molecule has 0 unspecified atom stereocenters. The van der Waals surface area contributed by atoms with Crippen LogP contribution in [0.15, 0.2) is 71.9 Å². The topological polar surface area (TPSA) is 84.3 Å². The lowest BCUT2D eigenvalue weighted by Gasteiger charge is -2.21. The van der Waals surface area contributed by atoms with E-state index in [2.05, 4.69) is 10.4 Å². The van der Waals surface area contributed by atoms with Gasteiger partial charge in [0.1, 0.15) is 0 Å². The molecule has 0 fully saturated rings. The maximum atomic E-state index is 12.5. The molecule has 0 saturated carbocycles. The molecule has 2 aromatic carbocycles. The van der Waals surface area contributed by atoms with Crippen LogP contribution in [0.5, 0.6) is 0 Å². The van der Waals surface area contributed by atoms with E-state index in [1.54, 1.807) is 30.1 Å². The molecule has 1 amide bonds. The van der Waals surface area contributed by atoms with Crippen LogP contribution in [-0.4, -0.2) is 41.5 Å². The van der Waals surface area contributed by atoms with Gasteiger partial charge >= 0.3 is 0 Å². The van der Waals surface area contributed by atoms with E-state index in [9.17, 15) is 13.2 Å². The smallest absolute Gasteiger partial charge is 0.258 e. The van der Waals surface area contributed by atoms with Crippen LogP contribution < -0.4 is 5.32 Å². The average molecular weight is 398 g/mol. The van der Waals surface area contributed by atoms with Crippen molar-refractivity contribution in [1.82, 2.24) is 14.1 Å². The normalized spacial score (nSPS) is 11.8. The molecule has 0 radical (unpaired) electrons. The van der Waals surface area contributed by atoms with Crippen molar-refractivity contribution in [3.05, 3.63) is 72.6 Å². The Morgan fingerprint density at radius 1 is 1.07 bits per heavy atom. The molecule has 0 aliphatic rings. The zero-order valence-electron chi connectivity index (χ0n) is 15.9. The second-order valence-corrected chi connectivity index (χ2v) is 8.60. The molecule has 0 aliphatic heterocycles. The average Bonchev–Trinajstić information content (AvgIpc) is 3.19. The third-order valence-corrected chi connectivity index (χ3v) is 6.43. The minimum absolute atomic E-state index is 0.148. The Hall–Kier alpha value is -2.97. The van der Waals surface area contributed by atoms with Crippen LogP contribution in [0, 0.1) is 0 Å². The molecule has 1 N–H and O–H groups in total. The van der Waals surface area contributed by atoms with Crippen LogP contribution in [0.3, 0.4) is 0 Å². The second kappa shape index (κ2) is 7.95. The minimum atomic E-state index is -3.56. The highest BCUT2D eigenvalue weighted by molar-refractivity contribution is 7.89. The molecule has 146 valence electrons. The van der Waals surface area contributed by atoms with E-state index in [1.807, 2.05) is 44.2 Å². The number of sulfonamides is 1. The summed E-state index contributed by atoms with van der Waals surface area (Å²) in [7, 11) is -2.01. The number of aromatic nitrogens is 2. The van der Waals surface area contributed by atoms with Crippen molar-refractivity contribution >= 4 is 21.6 Å². The summed E-state index contributed by atoms with van der Waals surface area (Å²) in [6.45, 7) is 3.61. The fourth-order valence-electron chi connectivity index (χ4n) is 2.52. The maximum absolute atomic E-state index is 12.5. The third kappa shape index (κ3) is 4.13. The molecule has 8 heteroatoms. The number of para-hydroxylation sites is 1. The largest absolute Gasteiger partial charge is 0.322 e. The van der Waals surface area contributed by atoms with Crippen LogP contribution in [0.25, 0.3) is 5.69 Å². The van der Waals surface area contributed by atoms with Gasteiger partial charge in [-0.25, -0.2) is 13.1 Å². The number of hydrogen-bond acceptors (Lipinski definition) is 4. The molecule has 3 rings (SSSR count). The van der Waals surface area contributed by atoms with Gasteiger partial charge in [0.2, 0.25) is 10.0 Å². The van der Waals surface area contributed by atoms with E-state index in [0.29, 0.717) is 11.3 Å². The zero-order valence-corrected chi connectivity index (χ0v) is 16.7. The Morgan fingerprint density at radius 2 is 1.71 bits per heavy atom. The summed E-state index contributed by atoms with van der Waals surface area (Å²) in [5.41, 5.74) is 1.76. The van der Waals surface area contributed by atoms with Crippen molar-refractivity contribution in [3.8, 4) is 5.69 Å². The summed E-state index contributed by atoms with van der Waals surface area (Å²) < 4.78 is 27.9. The lowest BCUT2D eigenvalue weighted by Crippen LogP contribution is -2.33. The Balaban J connectivity index is 1.73. The molecule has 3 aromatic rings. The molecule has 0 aliphatic carbocycles. The van der Waals surface area contributed by atoms with Crippen molar-refractivity contribution in [2.24, 2.45) is 0 Å². The molecular formula is C20H22N4O3S. The highest BCUT2D eigenvalue weighted by atomic mass is 32.2. The summed E-state index contributed by atoms with van der Waals surface area (Å²) in [6, 6.07) is 15.4. The molecule has 0 saturated heterocycles. The molecule has 0 bridgehead atoms. The summed E-state index contributed by atoms with van der Waals surface area (Å²) >= 11 is 0. The first-order valence-electron chi connectivity index (χ1n) is 8.78. The fourth-order valence-corrected chi connectivity index (χ4v) is 3.89. The van der Waals surface area contributed by atoms with Crippen LogP contribution >= 0.6 is 0 Å². The van der Waals surface area contributed by atoms with Crippen LogP contribution in [-0.2, 0) is 10.0 Å². The predicted molar refractivity (Wildman–Crippen MR) is 108 cm³/mol. The molecule has 0 spiro atoms. The minimum Gasteiger partial charge on any atom is -0.322 e. The van der Waals surface area contributed by atoms with E-state index >= 15 is 0 Å². The first-order valence-corrected chi connectivity index (χ1v) is 10.2. The Kier molecular flexibility index (Phi) is 5.62. The number of hydrogen-bond donors (Lipinski definition) is 1. The first-order chi connectivity index (χ1) is 13.3. The van der Waals surface area contributed by atoms with Gasteiger partial charge in [-0.05, 0) is 50.2 Å². The fraction of sp³-hybridized carbons (Fsp3) is 0.200. The summed E-state index contributed by atoms with van der Waals surface area (Å²) in [5, 5.41) is 6.96. The molecule has 1 aromatic heterocycles. The predicted octanol–water partition coefficient (Wildman–Crippen LogP) is 3.15. The van der Waals surface area contributed by atoms with Crippen molar-refractivity contribution in [3.63, 3.8) is 0 Å². The summed E-state index contributed by atoms with van der Waals surface area (Å²) in [5.74, 6) is -0.322. The Bertz CT molecular complexity index is 1060. The van der Waals surface area contributed by atoms with E-state index in [4.69, 9.17) is 0 Å². The Morgan fingerprint density at radius 3 is 2.32 bits per heavy atom. The second-order valence-electron chi connectivity index (χ2n) is 6.60. The lowest BCUT2D eigenvalue weighted by atomic mass is 10.3. The SMILES string of the molecule is CC(C)N(C)S(=O)(=O)c1ccc(NC(=O)c2cnn(-c3ccccc3)c2)cc1. The van der Waals surface area contributed by atoms with E-state index in [-0.39, 0.29) is 16.8 Å². The van der Waals surface area contributed by atoms with Crippen molar-refractivity contribution in [1.29, 1.82) is 0 Å². The number of nitrogens with zero attached hydrogens (tertiary/aromatic N) is 3. The van der Waals surface area contributed by atoms with Crippen LogP contribution in [0.1, 0.15) is 24.2 Å². The molecule has 0 atom stereocenters. The molecule has 7 nitrogen and oxygen atoms in total. The van der Waals surface area contributed by atoms with Gasteiger partial charge in [0, 0.05) is 25.0 Å². The molecule has 1 heterocycles. The van der Waals surface area contributed by atoms with Gasteiger partial charge in [-0.15, -0.1) is 0 Å². The van der Waals surface area contributed by atoms with Crippen molar-refractivity contribution in [2.75, 3.05) is 12.4 Å². The van der Waals surface area contributed by atoms with Gasteiger partial charge in [0.05, 0.1) is 22.3 Å². The summed E-state index contributed by atoms with van der Waals surface area (Å²) in [6.07, 6.45) is 3.12. The third-order valence-electron chi connectivity index (χ3n) is 4.38. The number of carbonyl (C=O) groups is 1. The number of amides is 1. The van der Waals surface area contributed by atoms with Gasteiger partial charge in [0.25, 0.3) is 5.91 Å². The monoisotopic (exact) mass is 398 g/mol. The van der Waals surface area contributed by atoms with Crippen LogP contribution in [0.2, 0.25) is 0 Å². The van der Waals surface area contributed by atoms with E-state index in [1.165, 1.54) is 22.6 Å². The molecule has 28 heavy (non-hydrogen) atoms. The number of benzene rings is 2. The molecular weight excluding hydrogens is 376 g/mol. The first kappa shape index (κ1) is 19.8. The van der Waals surface area contributed by atoms with E-state index in [0.717, 1.165) is 5.69 Å². The summed E-state index contributed by atoms with van der Waals surface area (Å²) in [4.78, 5) is 12.6. The maximum Gasteiger partial charge on any atom is 0.258 e. The quantitative estimate of drug-likeness (QED) is 0.691. The zero-order chi connectivity index (χ0) is 20.3. The van der Waals surface area contributed by atoms with Crippen molar-refractivity contribution in [2.45, 2.75) is 24.8 Å². The van der Waals surface area contributed by atoms with Crippen LogP contribution in [0.4, 0.5) is 5.69 Å². The highest BCUT2D eigenvalue weighted by Gasteiger charge is 2.22. The van der Waals surface area contributed by atoms with Gasteiger partial charge in [0.15, 0.2) is 0 Å². The van der Waals surface area contributed by atoms with Crippen molar-refractivity contribution < 1.29 is 13.2 Å². The number of rotatable bonds is 6. The Labute approximate surface area is 164 Å². The van der Waals surface area contributed by atoms with Gasteiger partial charge in [-0.1, -0.05) is 18.2 Å².